The summed E-state index contributed by atoms with van der Waals surface area (Å²) in [6.07, 6.45) is 6.81. The van der Waals surface area contributed by atoms with E-state index in [0.717, 1.165) is 51.9 Å². The number of fused-ring (bicyclic) bond motifs is 2. The van der Waals surface area contributed by atoms with Crippen LogP contribution >= 0.6 is 0 Å². The molecule has 3 aliphatic heterocycles. The number of rotatable bonds is 5. The fourth-order valence-corrected chi connectivity index (χ4v) is 6.01. The van der Waals surface area contributed by atoms with Crippen LogP contribution in [-0.2, 0) is 23.2 Å². The second-order valence-electron chi connectivity index (χ2n) is 9.74. The Balaban J connectivity index is 1.28. The molecule has 7 nitrogen and oxygen atoms in total. The van der Waals surface area contributed by atoms with Crippen molar-refractivity contribution in [2.45, 2.75) is 56.8 Å². The molecule has 3 fully saturated rings. The van der Waals surface area contributed by atoms with E-state index in [1.165, 1.54) is 16.5 Å². The number of aryl methyl sites for hydroxylation is 1. The van der Waals surface area contributed by atoms with Crippen molar-refractivity contribution < 1.29 is 9.59 Å². The van der Waals surface area contributed by atoms with Crippen LogP contribution in [0.1, 0.15) is 37.7 Å². The summed E-state index contributed by atoms with van der Waals surface area (Å²) in [5.41, 5.74) is 2.50. The van der Waals surface area contributed by atoms with Crippen LogP contribution < -0.4 is 5.32 Å². The lowest BCUT2D eigenvalue weighted by Gasteiger charge is -2.33. The third kappa shape index (κ3) is 3.92. The highest BCUT2D eigenvalue weighted by molar-refractivity contribution is 5.85. The van der Waals surface area contributed by atoms with Crippen molar-refractivity contribution in [3.63, 3.8) is 0 Å². The van der Waals surface area contributed by atoms with Gasteiger partial charge in [0, 0.05) is 75.4 Å². The molecule has 32 heavy (non-hydrogen) atoms. The number of nitrogens with one attached hydrogen (secondary N) is 1. The van der Waals surface area contributed by atoms with E-state index in [1.807, 2.05) is 4.90 Å². The van der Waals surface area contributed by atoms with E-state index in [2.05, 4.69) is 64.2 Å². The van der Waals surface area contributed by atoms with E-state index >= 15 is 0 Å². The van der Waals surface area contributed by atoms with Gasteiger partial charge in [-0.25, -0.2) is 0 Å². The van der Waals surface area contributed by atoms with Gasteiger partial charge in [0.15, 0.2) is 0 Å². The van der Waals surface area contributed by atoms with Crippen LogP contribution in [0.25, 0.3) is 10.9 Å². The second-order valence-corrected chi connectivity index (χ2v) is 9.74. The number of amides is 2. The van der Waals surface area contributed by atoms with Crippen molar-refractivity contribution in [1.29, 1.82) is 0 Å². The summed E-state index contributed by atoms with van der Waals surface area (Å²) in [5, 5.41) is 4.46. The fraction of sp³-hybridized carbons (Fsp3) is 0.600. The van der Waals surface area contributed by atoms with Gasteiger partial charge in [-0.05, 0) is 44.4 Å². The molecule has 172 valence electrons. The average Bonchev–Trinajstić information content (AvgIpc) is 3.52. The molecule has 0 spiro atoms. The fourth-order valence-electron chi connectivity index (χ4n) is 6.01. The molecule has 2 aromatic rings. The first-order chi connectivity index (χ1) is 15.5. The zero-order chi connectivity index (χ0) is 22.2. The summed E-state index contributed by atoms with van der Waals surface area (Å²) < 4.78 is 2.17. The lowest BCUT2D eigenvalue weighted by atomic mass is 10.0. The molecule has 0 radical (unpaired) electrons. The number of likely N-dealkylation sites (tertiary alicyclic amines) is 2. The summed E-state index contributed by atoms with van der Waals surface area (Å²) in [7, 11) is 4.23. The number of aromatic nitrogens is 1. The van der Waals surface area contributed by atoms with Gasteiger partial charge in [0.05, 0.1) is 0 Å². The minimum Gasteiger partial charge on any atom is -0.353 e. The van der Waals surface area contributed by atoms with Crippen LogP contribution in [0, 0.1) is 0 Å². The van der Waals surface area contributed by atoms with Crippen LogP contribution in [0.5, 0.6) is 0 Å². The topological polar surface area (TPSA) is 60.8 Å². The van der Waals surface area contributed by atoms with Gasteiger partial charge in [-0.1, -0.05) is 18.2 Å². The molecule has 0 bridgehead atoms. The number of carbonyl (C=O) groups is 2. The van der Waals surface area contributed by atoms with Crippen molar-refractivity contribution >= 4 is 22.7 Å². The van der Waals surface area contributed by atoms with Gasteiger partial charge in [0.2, 0.25) is 11.8 Å². The van der Waals surface area contributed by atoms with Crippen LogP contribution in [-0.4, -0.2) is 82.4 Å². The number of hydrogen-bond acceptors (Lipinski definition) is 4. The molecule has 1 aromatic carbocycles. The Morgan fingerprint density at radius 1 is 1.12 bits per heavy atom. The van der Waals surface area contributed by atoms with E-state index in [1.54, 1.807) is 0 Å². The Labute approximate surface area is 190 Å². The molecule has 3 atom stereocenters. The highest BCUT2D eigenvalue weighted by Crippen LogP contribution is 2.30. The van der Waals surface area contributed by atoms with Crippen molar-refractivity contribution in [3.05, 3.63) is 36.0 Å². The minimum absolute atomic E-state index is 0.132. The smallest absolute Gasteiger partial charge is 0.239 e. The van der Waals surface area contributed by atoms with Crippen molar-refractivity contribution in [1.82, 2.24) is 24.6 Å². The number of para-hydroxylation sites is 1. The van der Waals surface area contributed by atoms with E-state index in [9.17, 15) is 9.59 Å². The van der Waals surface area contributed by atoms with Gasteiger partial charge >= 0.3 is 0 Å². The Bertz CT molecular complexity index is 995. The number of carbonyl (C=O) groups excluding carboxylic acids is 2. The predicted octanol–water partition coefficient (Wildman–Crippen LogP) is 1.95. The zero-order valence-electron chi connectivity index (χ0n) is 19.3. The number of likely N-dealkylation sites (N-methyl/N-ethyl adjacent to an activating group) is 1. The van der Waals surface area contributed by atoms with Crippen LogP contribution in [0.15, 0.2) is 30.5 Å². The SMILES string of the molecule is CN1[C@@H](CCC(=O)N2CCCC2)CNC(=O)[C@@H]2[C@@H]1CCN2Cc1cn(C)c2ccccc12. The first-order valence-corrected chi connectivity index (χ1v) is 12.1. The Morgan fingerprint density at radius 2 is 1.91 bits per heavy atom. The number of benzene rings is 1. The monoisotopic (exact) mass is 437 g/mol. The number of nitrogens with zero attached hydrogens (tertiary/aromatic N) is 4. The highest BCUT2D eigenvalue weighted by Gasteiger charge is 2.45. The van der Waals surface area contributed by atoms with Gasteiger partial charge in [-0.2, -0.15) is 0 Å². The van der Waals surface area contributed by atoms with Crippen LogP contribution in [0.4, 0.5) is 0 Å². The van der Waals surface area contributed by atoms with Gasteiger partial charge in [0.1, 0.15) is 6.04 Å². The minimum atomic E-state index is -0.141. The molecule has 0 aliphatic carbocycles. The molecule has 0 saturated carbocycles. The summed E-state index contributed by atoms with van der Waals surface area (Å²) in [6.45, 7) is 4.13. The molecule has 1 N–H and O–H groups in total. The van der Waals surface area contributed by atoms with E-state index in [4.69, 9.17) is 0 Å². The third-order valence-electron chi connectivity index (χ3n) is 7.85. The first kappa shape index (κ1) is 21.5. The Morgan fingerprint density at radius 3 is 2.72 bits per heavy atom. The molecule has 4 heterocycles. The van der Waals surface area contributed by atoms with Crippen molar-refractivity contribution in [3.8, 4) is 0 Å². The van der Waals surface area contributed by atoms with Gasteiger partial charge in [-0.15, -0.1) is 0 Å². The molecule has 3 saturated heterocycles. The first-order valence-electron chi connectivity index (χ1n) is 12.1. The summed E-state index contributed by atoms with van der Waals surface area (Å²) in [4.78, 5) is 32.4. The van der Waals surface area contributed by atoms with Crippen LogP contribution in [0.3, 0.4) is 0 Å². The van der Waals surface area contributed by atoms with E-state index in [0.29, 0.717) is 13.0 Å². The Kier molecular flexibility index (Phi) is 5.95. The summed E-state index contributed by atoms with van der Waals surface area (Å²) >= 11 is 0. The molecular weight excluding hydrogens is 402 g/mol. The van der Waals surface area contributed by atoms with Gasteiger partial charge in [0.25, 0.3) is 0 Å². The third-order valence-corrected chi connectivity index (χ3v) is 7.85. The normalized spacial score (nSPS) is 27.0. The molecule has 1 aromatic heterocycles. The molecule has 0 unspecified atom stereocenters. The standard InChI is InChI=1S/C25H35N5O2/c1-27-16-18(20-7-3-4-8-21(20)27)17-30-14-11-22-24(30)25(32)26-15-19(28(22)2)9-10-23(31)29-12-5-6-13-29/h3-4,7-8,16,19,22,24H,5-6,9-15,17H2,1-2H3,(H,26,32)/t19-,22-,24-/m0/s1. The van der Waals surface area contributed by atoms with Gasteiger partial charge < -0.3 is 14.8 Å². The summed E-state index contributed by atoms with van der Waals surface area (Å²) in [6, 6.07) is 8.73. The van der Waals surface area contributed by atoms with E-state index in [-0.39, 0.29) is 29.9 Å². The van der Waals surface area contributed by atoms with Crippen LogP contribution in [0.2, 0.25) is 0 Å². The van der Waals surface area contributed by atoms with Gasteiger partial charge in [-0.3, -0.25) is 19.4 Å². The molecular formula is C25H35N5O2. The van der Waals surface area contributed by atoms with E-state index < -0.39 is 0 Å². The lowest BCUT2D eigenvalue weighted by molar-refractivity contribution is -0.130. The Hall–Kier alpha value is -2.38. The quantitative estimate of drug-likeness (QED) is 0.777. The summed E-state index contributed by atoms with van der Waals surface area (Å²) in [5.74, 6) is 0.403. The maximum atomic E-state index is 13.1. The lowest BCUT2D eigenvalue weighted by Crippen LogP contribution is -2.49. The average molecular weight is 438 g/mol. The number of hydrogen-bond donors (Lipinski definition) is 1. The predicted molar refractivity (Wildman–Crippen MR) is 125 cm³/mol. The molecule has 5 rings (SSSR count). The van der Waals surface area contributed by atoms with Crippen molar-refractivity contribution in [2.75, 3.05) is 33.2 Å². The maximum Gasteiger partial charge on any atom is 0.239 e. The highest BCUT2D eigenvalue weighted by atomic mass is 16.2. The largest absolute Gasteiger partial charge is 0.353 e. The second kappa shape index (κ2) is 8.87. The molecule has 2 amide bonds. The zero-order valence-corrected chi connectivity index (χ0v) is 19.3. The van der Waals surface area contributed by atoms with Crippen molar-refractivity contribution in [2.24, 2.45) is 7.05 Å². The molecule has 3 aliphatic rings. The maximum absolute atomic E-state index is 13.1. The molecule has 7 heteroatoms.